The van der Waals surface area contributed by atoms with Gasteiger partial charge in [-0.3, -0.25) is 4.79 Å². The number of fused-ring (bicyclic) bond motifs is 1. The van der Waals surface area contributed by atoms with E-state index in [4.69, 9.17) is 14.2 Å². The molecular weight excluding hydrogens is 448 g/mol. The monoisotopic (exact) mass is 474 g/mol. The molecule has 0 radical (unpaired) electrons. The lowest BCUT2D eigenvalue weighted by Crippen LogP contribution is -2.16. The molecule has 0 unspecified atom stereocenters. The number of pyridine rings is 1. The number of aryl methyl sites for hydroxylation is 1. The third kappa shape index (κ3) is 4.89. The zero-order valence-electron chi connectivity index (χ0n) is 19.9. The van der Waals surface area contributed by atoms with Crippen LogP contribution >= 0.6 is 0 Å². The molecule has 0 saturated heterocycles. The van der Waals surface area contributed by atoms with Crippen molar-refractivity contribution in [3.8, 4) is 11.5 Å². The Morgan fingerprint density at radius 3 is 2.40 bits per heavy atom. The molecule has 2 aromatic heterocycles. The van der Waals surface area contributed by atoms with Gasteiger partial charge in [-0.1, -0.05) is 12.1 Å². The van der Waals surface area contributed by atoms with Gasteiger partial charge in [0.25, 0.3) is 5.91 Å². The molecule has 0 bridgehead atoms. The molecule has 180 valence electrons. The first-order chi connectivity index (χ1) is 16.9. The number of rotatable bonds is 8. The Balaban J connectivity index is 1.68. The molecule has 0 fully saturated rings. The Bertz CT molecular complexity index is 1380. The number of esters is 1. The zero-order chi connectivity index (χ0) is 24.9. The van der Waals surface area contributed by atoms with Crippen LogP contribution in [0.1, 0.15) is 26.4 Å². The van der Waals surface area contributed by atoms with Gasteiger partial charge in [0, 0.05) is 24.5 Å². The van der Waals surface area contributed by atoms with E-state index in [1.54, 1.807) is 56.3 Å². The maximum atomic E-state index is 13.0. The number of methoxy groups -OCH3 is 3. The minimum absolute atomic E-state index is 0.196. The normalized spacial score (nSPS) is 10.6. The topological polar surface area (TPSA) is 104 Å². The highest BCUT2D eigenvalue weighted by Crippen LogP contribution is 2.32. The summed E-state index contributed by atoms with van der Waals surface area (Å²) in [5.74, 6) is 0.451. The minimum Gasteiger partial charge on any atom is -0.497 e. The smallest absolute Gasteiger partial charge is 0.356 e. The van der Waals surface area contributed by atoms with Crippen molar-refractivity contribution in [2.24, 2.45) is 7.05 Å². The second-order valence-electron chi connectivity index (χ2n) is 7.76. The Kier molecular flexibility index (Phi) is 6.86. The molecule has 2 heterocycles. The minimum atomic E-state index is -0.582. The summed E-state index contributed by atoms with van der Waals surface area (Å²) in [5.41, 5.74) is 3.22. The van der Waals surface area contributed by atoms with Crippen LogP contribution in [0.5, 0.6) is 11.5 Å². The van der Waals surface area contributed by atoms with Crippen molar-refractivity contribution in [3.63, 3.8) is 0 Å². The Morgan fingerprint density at radius 1 is 0.971 bits per heavy atom. The molecule has 0 aliphatic rings. The van der Waals surface area contributed by atoms with Gasteiger partial charge in [0.15, 0.2) is 5.69 Å². The van der Waals surface area contributed by atoms with Gasteiger partial charge in [0.1, 0.15) is 17.1 Å². The second-order valence-corrected chi connectivity index (χ2v) is 7.76. The molecule has 2 N–H and O–H groups in total. The summed E-state index contributed by atoms with van der Waals surface area (Å²) in [6, 6.07) is 16.3. The Labute approximate surface area is 202 Å². The van der Waals surface area contributed by atoms with Gasteiger partial charge in [-0.15, -0.1) is 0 Å². The van der Waals surface area contributed by atoms with Crippen molar-refractivity contribution in [3.05, 3.63) is 77.6 Å². The predicted octanol–water partition coefficient (Wildman–Crippen LogP) is 4.24. The highest BCUT2D eigenvalue weighted by atomic mass is 16.5. The predicted molar refractivity (Wildman–Crippen MR) is 133 cm³/mol. The molecule has 9 nitrogen and oxygen atoms in total. The maximum absolute atomic E-state index is 13.0. The van der Waals surface area contributed by atoms with Crippen LogP contribution in [0.15, 0.2) is 60.8 Å². The number of amides is 1. The summed E-state index contributed by atoms with van der Waals surface area (Å²) in [7, 11) is 6.18. The van der Waals surface area contributed by atoms with E-state index >= 15 is 0 Å². The number of hydrogen-bond acceptors (Lipinski definition) is 7. The fraction of sp³-hybridized carbons (Fsp3) is 0.192. The number of nitrogens with one attached hydrogen (secondary N) is 2. The number of hydrogen-bond donors (Lipinski definition) is 2. The molecule has 0 spiro atoms. The van der Waals surface area contributed by atoms with Crippen LogP contribution in [0.3, 0.4) is 0 Å². The van der Waals surface area contributed by atoms with Gasteiger partial charge < -0.3 is 29.4 Å². The molecule has 1 amide bonds. The number of benzene rings is 2. The fourth-order valence-electron chi connectivity index (χ4n) is 3.78. The molecule has 2 aromatic carbocycles. The van der Waals surface area contributed by atoms with Crippen molar-refractivity contribution in [2.45, 2.75) is 6.54 Å². The van der Waals surface area contributed by atoms with Crippen LogP contribution in [-0.4, -0.2) is 42.8 Å². The third-order valence-electron chi connectivity index (χ3n) is 5.63. The number of anilines is 2. The largest absolute Gasteiger partial charge is 0.497 e. The molecule has 0 aliphatic heterocycles. The average molecular weight is 475 g/mol. The summed E-state index contributed by atoms with van der Waals surface area (Å²) >= 11 is 0. The second kappa shape index (κ2) is 10.2. The number of ether oxygens (including phenoxy) is 3. The van der Waals surface area contributed by atoms with Crippen LogP contribution in [0.4, 0.5) is 11.4 Å². The van der Waals surface area contributed by atoms with Crippen molar-refractivity contribution in [1.29, 1.82) is 0 Å². The Hall–Kier alpha value is -4.53. The van der Waals surface area contributed by atoms with E-state index in [9.17, 15) is 9.59 Å². The summed E-state index contributed by atoms with van der Waals surface area (Å²) in [4.78, 5) is 30.2. The third-order valence-corrected chi connectivity index (χ3v) is 5.63. The van der Waals surface area contributed by atoms with E-state index in [2.05, 4.69) is 15.6 Å². The van der Waals surface area contributed by atoms with Gasteiger partial charge in [-0.25, -0.2) is 9.78 Å². The van der Waals surface area contributed by atoms with Crippen LogP contribution < -0.4 is 20.1 Å². The SMILES string of the molecule is COC(=O)c1c(NC(=O)c2ccc(OC)cc2)c2cc(NCc3cccc(OC)c3)cnc2n1C. The first-order valence-electron chi connectivity index (χ1n) is 10.8. The van der Waals surface area contributed by atoms with Gasteiger partial charge in [-0.05, 0) is 48.0 Å². The lowest BCUT2D eigenvalue weighted by Gasteiger charge is -2.09. The summed E-state index contributed by atoms with van der Waals surface area (Å²) in [6.07, 6.45) is 1.68. The molecule has 0 saturated carbocycles. The maximum Gasteiger partial charge on any atom is 0.356 e. The molecule has 35 heavy (non-hydrogen) atoms. The molecular formula is C26H26N4O5. The molecule has 0 atom stereocenters. The number of carbonyl (C=O) groups excluding carboxylic acids is 2. The van der Waals surface area contributed by atoms with Crippen LogP contribution in [0, 0.1) is 0 Å². The van der Waals surface area contributed by atoms with Gasteiger partial charge >= 0.3 is 5.97 Å². The summed E-state index contributed by atoms with van der Waals surface area (Å²) in [6.45, 7) is 0.536. The molecule has 9 heteroatoms. The molecule has 4 rings (SSSR count). The van der Waals surface area contributed by atoms with E-state index in [1.165, 1.54) is 7.11 Å². The number of carbonyl (C=O) groups is 2. The highest BCUT2D eigenvalue weighted by molar-refractivity contribution is 6.14. The summed E-state index contributed by atoms with van der Waals surface area (Å²) in [5, 5.41) is 6.81. The lowest BCUT2D eigenvalue weighted by molar-refractivity contribution is 0.0591. The Morgan fingerprint density at radius 2 is 1.71 bits per heavy atom. The van der Waals surface area contributed by atoms with Gasteiger partial charge in [0.05, 0.1) is 38.9 Å². The quantitative estimate of drug-likeness (QED) is 0.368. The molecule has 4 aromatic rings. The van der Waals surface area contributed by atoms with Crippen molar-refractivity contribution in [2.75, 3.05) is 32.0 Å². The average Bonchev–Trinajstić information content (AvgIpc) is 3.17. The first-order valence-corrected chi connectivity index (χ1v) is 10.8. The lowest BCUT2D eigenvalue weighted by atomic mass is 10.1. The van der Waals surface area contributed by atoms with Gasteiger partial charge in [-0.2, -0.15) is 0 Å². The first kappa shape index (κ1) is 23.6. The van der Waals surface area contributed by atoms with E-state index in [-0.39, 0.29) is 11.6 Å². The number of aromatic nitrogens is 2. The summed E-state index contributed by atoms with van der Waals surface area (Å²) < 4.78 is 17.0. The zero-order valence-corrected chi connectivity index (χ0v) is 19.9. The van der Waals surface area contributed by atoms with Crippen LogP contribution in [0.2, 0.25) is 0 Å². The number of nitrogens with zero attached hydrogens (tertiary/aromatic N) is 2. The standard InChI is InChI=1S/C26H26N4O5/c1-30-23(26(32)35-4)22(29-25(31)17-8-10-19(33-2)11-9-17)21-13-18(15-28-24(21)30)27-14-16-6-5-7-20(12-16)34-3/h5-13,15,27H,14H2,1-4H3,(H,29,31). The van der Waals surface area contributed by atoms with E-state index < -0.39 is 5.97 Å². The fourth-order valence-corrected chi connectivity index (χ4v) is 3.78. The van der Waals surface area contributed by atoms with Crippen LogP contribution in [-0.2, 0) is 18.3 Å². The van der Waals surface area contributed by atoms with Gasteiger partial charge in [0.2, 0.25) is 0 Å². The van der Waals surface area contributed by atoms with E-state index in [0.717, 1.165) is 17.0 Å². The highest BCUT2D eigenvalue weighted by Gasteiger charge is 2.25. The van der Waals surface area contributed by atoms with Crippen molar-refractivity contribution < 1.29 is 23.8 Å². The van der Waals surface area contributed by atoms with Crippen LogP contribution in [0.25, 0.3) is 11.0 Å². The molecule has 0 aliphatic carbocycles. The van der Waals surface area contributed by atoms with E-state index in [1.807, 2.05) is 30.3 Å². The van der Waals surface area contributed by atoms with Crippen molar-refractivity contribution in [1.82, 2.24) is 9.55 Å². The van der Waals surface area contributed by atoms with E-state index in [0.29, 0.717) is 34.6 Å². The van der Waals surface area contributed by atoms with Crippen molar-refractivity contribution >= 4 is 34.3 Å².